The van der Waals surface area contributed by atoms with Crippen molar-refractivity contribution in [2.45, 2.75) is 12.5 Å². The summed E-state index contributed by atoms with van der Waals surface area (Å²) < 4.78 is 17.8. The molecule has 176 valence electrons. The molecule has 0 saturated heterocycles. The monoisotopic (exact) mass is 487 g/mol. The van der Waals surface area contributed by atoms with Gasteiger partial charge in [-0.05, 0) is 34.7 Å². The summed E-state index contributed by atoms with van der Waals surface area (Å²) in [6.07, 6.45) is 1.89. The molecule has 7 heteroatoms. The summed E-state index contributed by atoms with van der Waals surface area (Å²) in [5.41, 5.74) is 2.05. The van der Waals surface area contributed by atoms with E-state index < -0.39 is 12.0 Å². The SMILES string of the molecule is COC(=O)c1c(-c2ccccc2)c2cc(Cl)ccc2c(=O)n1C(Cc1ccccc1)C1=COCO1. The van der Waals surface area contributed by atoms with E-state index in [2.05, 4.69) is 0 Å². The maximum atomic E-state index is 14.0. The summed E-state index contributed by atoms with van der Waals surface area (Å²) in [4.78, 5) is 27.4. The fourth-order valence-corrected chi connectivity index (χ4v) is 4.64. The standard InChI is InChI=1S/C28H22ClNO5/c1-33-28(32)26-25(19-10-6-3-7-11-19)22-15-20(29)12-13-21(22)27(31)30(26)23(24-16-34-17-35-24)14-18-8-4-2-5-9-18/h2-13,15-16,23H,14,17H2,1H3. The molecule has 0 amide bonds. The van der Waals surface area contributed by atoms with Crippen molar-refractivity contribution in [2.75, 3.05) is 13.9 Å². The molecule has 1 aromatic heterocycles. The number of hydrogen-bond acceptors (Lipinski definition) is 5. The van der Waals surface area contributed by atoms with Gasteiger partial charge in [0.2, 0.25) is 6.79 Å². The van der Waals surface area contributed by atoms with Gasteiger partial charge < -0.3 is 14.2 Å². The number of aromatic nitrogens is 1. The van der Waals surface area contributed by atoms with Crippen LogP contribution in [0.25, 0.3) is 21.9 Å². The minimum atomic E-state index is -0.649. The highest BCUT2D eigenvalue weighted by Crippen LogP contribution is 2.36. The smallest absolute Gasteiger partial charge is 0.355 e. The number of methoxy groups -OCH3 is 1. The number of benzene rings is 3. The number of allylic oxidation sites excluding steroid dienone is 1. The Bertz CT molecular complexity index is 1480. The highest BCUT2D eigenvalue weighted by Gasteiger charge is 2.32. The van der Waals surface area contributed by atoms with E-state index in [4.69, 9.17) is 25.8 Å². The minimum Gasteiger partial charge on any atom is -0.464 e. The third-order valence-corrected chi connectivity index (χ3v) is 6.26. The van der Waals surface area contributed by atoms with Crippen LogP contribution in [0.15, 0.2) is 95.7 Å². The quantitative estimate of drug-likeness (QED) is 0.324. The zero-order valence-corrected chi connectivity index (χ0v) is 19.7. The van der Waals surface area contributed by atoms with Gasteiger partial charge in [0.15, 0.2) is 5.76 Å². The lowest BCUT2D eigenvalue weighted by Crippen LogP contribution is -2.33. The summed E-state index contributed by atoms with van der Waals surface area (Å²) in [6.45, 7) is 0.0393. The summed E-state index contributed by atoms with van der Waals surface area (Å²) in [7, 11) is 1.30. The molecule has 1 atom stereocenters. The van der Waals surface area contributed by atoms with Gasteiger partial charge in [-0.2, -0.15) is 0 Å². The molecule has 1 unspecified atom stereocenters. The van der Waals surface area contributed by atoms with Crippen LogP contribution in [0.2, 0.25) is 5.02 Å². The van der Waals surface area contributed by atoms with Gasteiger partial charge >= 0.3 is 5.97 Å². The van der Waals surface area contributed by atoms with Gasteiger partial charge in [-0.3, -0.25) is 9.36 Å². The van der Waals surface area contributed by atoms with Crippen LogP contribution in [0.5, 0.6) is 0 Å². The predicted octanol–water partition coefficient (Wildman–Crippen LogP) is 5.74. The Labute approximate surface area is 206 Å². The van der Waals surface area contributed by atoms with E-state index in [-0.39, 0.29) is 18.0 Å². The van der Waals surface area contributed by atoms with E-state index >= 15 is 0 Å². The molecule has 0 spiro atoms. The van der Waals surface area contributed by atoms with Gasteiger partial charge in [0.05, 0.1) is 7.11 Å². The van der Waals surface area contributed by atoms with E-state index in [1.165, 1.54) is 17.9 Å². The molecule has 2 heterocycles. The van der Waals surface area contributed by atoms with Crippen LogP contribution in [0.3, 0.4) is 0 Å². The normalized spacial score (nSPS) is 13.6. The third-order valence-electron chi connectivity index (χ3n) is 6.02. The molecule has 0 bridgehead atoms. The Balaban J connectivity index is 1.89. The molecule has 0 fully saturated rings. The average molecular weight is 488 g/mol. The fraction of sp³-hybridized carbons (Fsp3) is 0.143. The second-order valence-corrected chi connectivity index (χ2v) is 8.54. The molecule has 0 aliphatic carbocycles. The molecule has 3 aromatic carbocycles. The molecule has 0 radical (unpaired) electrons. The number of halogens is 1. The molecule has 35 heavy (non-hydrogen) atoms. The zero-order chi connectivity index (χ0) is 24.4. The van der Waals surface area contributed by atoms with Crippen molar-refractivity contribution >= 4 is 28.3 Å². The Morgan fingerprint density at radius 2 is 1.74 bits per heavy atom. The minimum absolute atomic E-state index is 0.0393. The highest BCUT2D eigenvalue weighted by molar-refractivity contribution is 6.31. The van der Waals surface area contributed by atoms with Gasteiger partial charge in [0, 0.05) is 22.4 Å². The first-order chi connectivity index (χ1) is 17.1. The summed E-state index contributed by atoms with van der Waals surface area (Å²) in [5.74, 6) is -0.186. The molecular weight excluding hydrogens is 466 g/mol. The van der Waals surface area contributed by atoms with Gasteiger partial charge in [-0.25, -0.2) is 4.79 Å². The average Bonchev–Trinajstić information content (AvgIpc) is 3.43. The van der Waals surface area contributed by atoms with Crippen LogP contribution in [-0.4, -0.2) is 24.4 Å². The van der Waals surface area contributed by atoms with Crippen molar-refractivity contribution < 1.29 is 19.0 Å². The maximum Gasteiger partial charge on any atom is 0.355 e. The first-order valence-corrected chi connectivity index (χ1v) is 11.5. The van der Waals surface area contributed by atoms with E-state index in [1.54, 1.807) is 18.2 Å². The predicted molar refractivity (Wildman–Crippen MR) is 134 cm³/mol. The molecule has 0 saturated carbocycles. The molecule has 1 aliphatic rings. The summed E-state index contributed by atoms with van der Waals surface area (Å²) in [6, 6.07) is 23.5. The summed E-state index contributed by atoms with van der Waals surface area (Å²) >= 11 is 6.34. The Morgan fingerprint density at radius 1 is 1.03 bits per heavy atom. The van der Waals surface area contributed by atoms with Crippen molar-refractivity contribution in [3.8, 4) is 11.1 Å². The van der Waals surface area contributed by atoms with Gasteiger partial charge in [-0.1, -0.05) is 72.3 Å². The van der Waals surface area contributed by atoms with E-state index in [1.807, 2.05) is 60.7 Å². The van der Waals surface area contributed by atoms with Gasteiger partial charge in [0.1, 0.15) is 18.0 Å². The van der Waals surface area contributed by atoms with E-state index in [9.17, 15) is 9.59 Å². The number of fused-ring (bicyclic) bond motifs is 1. The van der Waals surface area contributed by atoms with Crippen LogP contribution in [0, 0.1) is 0 Å². The third kappa shape index (κ3) is 4.29. The molecule has 1 aliphatic heterocycles. The number of hydrogen-bond donors (Lipinski definition) is 0. The topological polar surface area (TPSA) is 66.8 Å². The molecule has 0 N–H and O–H groups in total. The van der Waals surface area contributed by atoms with Crippen molar-refractivity contribution in [3.05, 3.63) is 118 Å². The molecule has 6 nitrogen and oxygen atoms in total. The van der Waals surface area contributed by atoms with Crippen LogP contribution in [-0.2, 0) is 20.6 Å². The maximum absolute atomic E-state index is 14.0. The number of pyridine rings is 1. The summed E-state index contributed by atoms with van der Waals surface area (Å²) in [5, 5.41) is 1.46. The van der Waals surface area contributed by atoms with Crippen LogP contribution >= 0.6 is 11.6 Å². The van der Waals surface area contributed by atoms with Crippen molar-refractivity contribution in [1.82, 2.24) is 4.57 Å². The van der Waals surface area contributed by atoms with Crippen LogP contribution in [0.4, 0.5) is 0 Å². The first kappa shape index (κ1) is 22.7. The Kier molecular flexibility index (Phi) is 6.29. The first-order valence-electron chi connectivity index (χ1n) is 11.1. The van der Waals surface area contributed by atoms with Crippen LogP contribution < -0.4 is 5.56 Å². The lowest BCUT2D eigenvalue weighted by molar-refractivity contribution is 0.0575. The van der Waals surface area contributed by atoms with E-state index in [0.29, 0.717) is 33.5 Å². The van der Waals surface area contributed by atoms with Gasteiger partial charge in [0.25, 0.3) is 5.56 Å². The second-order valence-electron chi connectivity index (χ2n) is 8.10. The Hall–Kier alpha value is -4.03. The lowest BCUT2D eigenvalue weighted by atomic mass is 9.95. The Morgan fingerprint density at radius 3 is 2.40 bits per heavy atom. The molecule has 5 rings (SSSR count). The number of rotatable bonds is 6. The number of nitrogens with zero attached hydrogens (tertiary/aromatic N) is 1. The van der Waals surface area contributed by atoms with Crippen molar-refractivity contribution in [3.63, 3.8) is 0 Å². The van der Waals surface area contributed by atoms with Crippen LogP contribution in [0.1, 0.15) is 22.1 Å². The van der Waals surface area contributed by atoms with Crippen molar-refractivity contribution in [1.29, 1.82) is 0 Å². The molecule has 4 aromatic rings. The molecular formula is C28H22ClNO5. The fourth-order valence-electron chi connectivity index (χ4n) is 4.46. The lowest BCUT2D eigenvalue weighted by Gasteiger charge is -2.25. The number of carbonyl (C=O) groups is 1. The van der Waals surface area contributed by atoms with E-state index in [0.717, 1.165) is 11.1 Å². The highest BCUT2D eigenvalue weighted by atomic mass is 35.5. The zero-order valence-electron chi connectivity index (χ0n) is 18.9. The second kappa shape index (κ2) is 9.68. The van der Waals surface area contributed by atoms with Crippen molar-refractivity contribution in [2.24, 2.45) is 0 Å². The number of esters is 1. The largest absolute Gasteiger partial charge is 0.464 e. The number of carbonyl (C=O) groups excluding carboxylic acids is 1. The van der Waals surface area contributed by atoms with Gasteiger partial charge in [-0.15, -0.1) is 0 Å². The number of ether oxygens (including phenoxy) is 3.